The van der Waals surface area contributed by atoms with Crippen LogP contribution in [0.3, 0.4) is 0 Å². The summed E-state index contributed by atoms with van der Waals surface area (Å²) in [5.74, 6) is 0.344. The van der Waals surface area contributed by atoms with Crippen LogP contribution in [-0.4, -0.2) is 35.2 Å². The van der Waals surface area contributed by atoms with E-state index in [1.807, 2.05) is 0 Å². The molecule has 0 bridgehead atoms. The van der Waals surface area contributed by atoms with Gasteiger partial charge in [-0.1, -0.05) is 5.10 Å². The summed E-state index contributed by atoms with van der Waals surface area (Å²) in [7, 11) is 0. The lowest BCUT2D eigenvalue weighted by molar-refractivity contribution is -0.123. The van der Waals surface area contributed by atoms with E-state index in [0.29, 0.717) is 25.0 Å². The fourth-order valence-corrected chi connectivity index (χ4v) is 1.49. The fourth-order valence-electron chi connectivity index (χ4n) is 1.49. The molecule has 1 fully saturated rings. The number of anilines is 1. The summed E-state index contributed by atoms with van der Waals surface area (Å²) in [6.45, 7) is 3.25. The van der Waals surface area contributed by atoms with Crippen molar-refractivity contribution in [2.24, 2.45) is 5.73 Å². The van der Waals surface area contributed by atoms with Crippen LogP contribution in [0.25, 0.3) is 0 Å². The van der Waals surface area contributed by atoms with Crippen molar-refractivity contribution in [2.45, 2.75) is 19.5 Å². The predicted octanol–water partition coefficient (Wildman–Crippen LogP) is -1.15. The first-order valence-electron chi connectivity index (χ1n) is 4.79. The van der Waals surface area contributed by atoms with Crippen molar-refractivity contribution in [3.8, 4) is 0 Å². The second kappa shape index (κ2) is 3.85. The van der Waals surface area contributed by atoms with Gasteiger partial charge < -0.3 is 20.4 Å². The van der Waals surface area contributed by atoms with Gasteiger partial charge in [0.05, 0.1) is 6.54 Å². The molecule has 0 aromatic carbocycles. The quantitative estimate of drug-likeness (QED) is 0.641. The van der Waals surface area contributed by atoms with Gasteiger partial charge in [0.2, 0.25) is 11.8 Å². The molecule has 82 valence electrons. The smallest absolute Gasteiger partial charge is 0.318 e. The van der Waals surface area contributed by atoms with Crippen molar-refractivity contribution >= 4 is 11.9 Å². The number of amides is 1. The highest BCUT2D eigenvalue weighted by atomic mass is 16.4. The van der Waals surface area contributed by atoms with E-state index in [0.717, 1.165) is 0 Å². The van der Waals surface area contributed by atoms with Crippen LogP contribution in [-0.2, 0) is 11.3 Å². The summed E-state index contributed by atoms with van der Waals surface area (Å²) in [4.78, 5) is 13.2. The number of piperazine rings is 1. The summed E-state index contributed by atoms with van der Waals surface area (Å²) in [6, 6.07) is 0.0719. The Morgan fingerprint density at radius 1 is 1.67 bits per heavy atom. The standard InChI is InChI=1S/C8H13N5O2/c1-5-7(14)10-2-3-13(5)8-12-11-6(4-9)15-8/h5H,2-4,9H2,1H3,(H,10,14). The van der Waals surface area contributed by atoms with Gasteiger partial charge in [0.1, 0.15) is 6.04 Å². The van der Waals surface area contributed by atoms with E-state index in [9.17, 15) is 4.79 Å². The molecule has 0 spiro atoms. The molecule has 0 radical (unpaired) electrons. The number of hydrogen-bond acceptors (Lipinski definition) is 6. The van der Waals surface area contributed by atoms with Gasteiger partial charge in [0, 0.05) is 13.1 Å². The molecule has 1 aromatic rings. The largest absolute Gasteiger partial charge is 0.407 e. The Bertz CT molecular complexity index is 364. The second-order valence-electron chi connectivity index (χ2n) is 3.34. The third-order valence-electron chi connectivity index (χ3n) is 2.38. The number of hydrogen-bond donors (Lipinski definition) is 2. The summed E-state index contributed by atoms with van der Waals surface area (Å²) in [5.41, 5.74) is 5.36. The van der Waals surface area contributed by atoms with Crippen LogP contribution >= 0.6 is 0 Å². The highest BCUT2D eigenvalue weighted by Gasteiger charge is 2.28. The zero-order valence-electron chi connectivity index (χ0n) is 8.43. The van der Waals surface area contributed by atoms with Gasteiger partial charge in [-0.25, -0.2) is 0 Å². The van der Waals surface area contributed by atoms with Gasteiger partial charge in [-0.3, -0.25) is 4.79 Å². The van der Waals surface area contributed by atoms with Crippen molar-refractivity contribution in [3.05, 3.63) is 5.89 Å². The molecule has 1 unspecified atom stereocenters. The molecule has 1 aliphatic rings. The number of carbonyl (C=O) groups is 1. The molecule has 15 heavy (non-hydrogen) atoms. The third-order valence-corrected chi connectivity index (χ3v) is 2.38. The van der Waals surface area contributed by atoms with Crippen molar-refractivity contribution in [2.75, 3.05) is 18.0 Å². The van der Waals surface area contributed by atoms with Crippen LogP contribution in [0, 0.1) is 0 Å². The molecule has 1 atom stereocenters. The predicted molar refractivity (Wildman–Crippen MR) is 52.0 cm³/mol. The summed E-state index contributed by atoms with van der Waals surface area (Å²) in [5, 5.41) is 10.4. The molecule has 0 aliphatic carbocycles. The maximum Gasteiger partial charge on any atom is 0.318 e. The number of rotatable bonds is 2. The number of nitrogens with two attached hydrogens (primary N) is 1. The molecule has 7 heteroatoms. The monoisotopic (exact) mass is 211 g/mol. The highest BCUT2D eigenvalue weighted by molar-refractivity contribution is 5.85. The maximum absolute atomic E-state index is 11.4. The van der Waals surface area contributed by atoms with E-state index < -0.39 is 0 Å². The van der Waals surface area contributed by atoms with Gasteiger partial charge in [-0.15, -0.1) is 5.10 Å². The molecule has 3 N–H and O–H groups in total. The molecule has 2 heterocycles. The van der Waals surface area contributed by atoms with Crippen molar-refractivity contribution in [3.63, 3.8) is 0 Å². The first kappa shape index (κ1) is 9.91. The average molecular weight is 211 g/mol. The Hall–Kier alpha value is -1.63. The Kier molecular flexibility index (Phi) is 2.55. The van der Waals surface area contributed by atoms with Crippen LogP contribution in [0.4, 0.5) is 6.01 Å². The van der Waals surface area contributed by atoms with Crippen LogP contribution in [0.15, 0.2) is 4.42 Å². The molecule has 1 aliphatic heterocycles. The Morgan fingerprint density at radius 3 is 3.13 bits per heavy atom. The summed E-state index contributed by atoms with van der Waals surface area (Å²) >= 11 is 0. The topological polar surface area (TPSA) is 97.3 Å². The zero-order chi connectivity index (χ0) is 10.8. The average Bonchev–Trinajstić information content (AvgIpc) is 2.70. The second-order valence-corrected chi connectivity index (χ2v) is 3.34. The van der Waals surface area contributed by atoms with E-state index >= 15 is 0 Å². The van der Waals surface area contributed by atoms with Crippen LogP contribution < -0.4 is 16.0 Å². The lowest BCUT2D eigenvalue weighted by Crippen LogP contribution is -2.54. The van der Waals surface area contributed by atoms with Crippen molar-refractivity contribution in [1.29, 1.82) is 0 Å². The molecule has 1 aromatic heterocycles. The van der Waals surface area contributed by atoms with E-state index in [1.165, 1.54) is 0 Å². The molecule has 0 saturated carbocycles. The van der Waals surface area contributed by atoms with E-state index in [1.54, 1.807) is 11.8 Å². The van der Waals surface area contributed by atoms with E-state index in [2.05, 4.69) is 15.5 Å². The van der Waals surface area contributed by atoms with Gasteiger partial charge >= 0.3 is 6.01 Å². The summed E-state index contributed by atoms with van der Waals surface area (Å²) < 4.78 is 5.29. The number of aromatic nitrogens is 2. The Morgan fingerprint density at radius 2 is 2.47 bits per heavy atom. The van der Waals surface area contributed by atoms with Crippen LogP contribution in [0.5, 0.6) is 0 Å². The van der Waals surface area contributed by atoms with Gasteiger partial charge in [0.15, 0.2) is 0 Å². The van der Waals surface area contributed by atoms with Gasteiger partial charge in [0.25, 0.3) is 0 Å². The minimum Gasteiger partial charge on any atom is -0.407 e. The maximum atomic E-state index is 11.4. The van der Waals surface area contributed by atoms with Crippen LogP contribution in [0.2, 0.25) is 0 Å². The minimum absolute atomic E-state index is 0.0336. The third kappa shape index (κ3) is 1.78. The SMILES string of the molecule is CC1C(=O)NCCN1c1nnc(CN)o1. The van der Waals surface area contributed by atoms with Crippen LogP contribution in [0.1, 0.15) is 12.8 Å². The molecule has 1 amide bonds. The fraction of sp³-hybridized carbons (Fsp3) is 0.625. The lowest BCUT2D eigenvalue weighted by Gasteiger charge is -2.30. The number of nitrogens with one attached hydrogen (secondary N) is 1. The highest BCUT2D eigenvalue weighted by Crippen LogP contribution is 2.16. The molecule has 7 nitrogen and oxygen atoms in total. The number of carbonyl (C=O) groups excluding carboxylic acids is 1. The van der Waals surface area contributed by atoms with Crippen molar-refractivity contribution < 1.29 is 9.21 Å². The Labute approximate surface area is 86.6 Å². The molecular formula is C8H13N5O2. The zero-order valence-corrected chi connectivity index (χ0v) is 8.43. The van der Waals surface area contributed by atoms with Crippen molar-refractivity contribution in [1.82, 2.24) is 15.5 Å². The molecule has 2 rings (SSSR count). The van der Waals surface area contributed by atoms with Gasteiger partial charge in [-0.2, -0.15) is 0 Å². The minimum atomic E-state index is -0.287. The lowest BCUT2D eigenvalue weighted by atomic mass is 10.2. The van der Waals surface area contributed by atoms with E-state index in [-0.39, 0.29) is 18.5 Å². The normalized spacial score (nSPS) is 21.6. The first-order valence-corrected chi connectivity index (χ1v) is 4.79. The molecular weight excluding hydrogens is 198 g/mol. The Balaban J connectivity index is 2.18. The van der Waals surface area contributed by atoms with Gasteiger partial charge in [-0.05, 0) is 6.92 Å². The van der Waals surface area contributed by atoms with E-state index in [4.69, 9.17) is 10.2 Å². The summed E-state index contributed by atoms with van der Waals surface area (Å²) in [6.07, 6.45) is 0. The number of nitrogens with zero attached hydrogens (tertiary/aromatic N) is 3. The first-order chi connectivity index (χ1) is 7.22. The molecule has 1 saturated heterocycles.